The van der Waals surface area contributed by atoms with Crippen LogP contribution in [0.25, 0.3) is 0 Å². The van der Waals surface area contributed by atoms with Crippen LogP contribution in [0.1, 0.15) is 425 Å². The van der Waals surface area contributed by atoms with Crippen molar-refractivity contribution < 1.29 is 47.8 Å². The Hall–Kier alpha value is -1.03. The van der Waals surface area contributed by atoms with Gasteiger partial charge < -0.3 is 24.6 Å². The maximum absolute atomic E-state index is 12.8. The molecule has 0 aliphatic heterocycles. The standard InChI is InChI=1S/C74H147O10P/c1-3-5-7-9-11-13-15-17-19-21-23-25-27-29-31-33-35-37-39-41-43-45-47-49-51-53-55-57-59-61-63-65-73(77)81-69-72(70-83-85(79,80)82-68-71(76)67-75)84-74(78)66-64-62-60-58-56-54-52-50-48-46-44-42-40-38-36-34-32-30-28-26-24-22-20-18-16-14-12-10-8-6-4-2/h71-72,75-76H,3-70H2,1-2H3,(H,79,80)/t71-,72+/m0/s1. The molecule has 0 saturated heterocycles. The number of unbranched alkanes of at least 4 members (excludes halogenated alkanes) is 60. The molecule has 0 aliphatic rings. The largest absolute Gasteiger partial charge is 0.472 e. The van der Waals surface area contributed by atoms with E-state index >= 15 is 0 Å². The van der Waals surface area contributed by atoms with Crippen molar-refractivity contribution in [2.24, 2.45) is 0 Å². The van der Waals surface area contributed by atoms with Crippen molar-refractivity contribution in [3.05, 3.63) is 0 Å². The SMILES string of the molecule is CCCCCCCCCCCCCCCCCCCCCCCCCCCCCCCCCC(=O)OC[C@H](COP(=O)(O)OC[C@@H](O)CO)OC(=O)CCCCCCCCCCCCCCCCCCCCCCCCCCCCCCCCC. The molecule has 0 radical (unpaired) electrons. The first kappa shape index (κ1) is 84.0. The summed E-state index contributed by atoms with van der Waals surface area (Å²) in [4.78, 5) is 35.5. The lowest BCUT2D eigenvalue weighted by Crippen LogP contribution is -2.29. The smallest absolute Gasteiger partial charge is 0.462 e. The molecule has 0 aromatic heterocycles. The van der Waals surface area contributed by atoms with Crippen molar-refractivity contribution in [1.82, 2.24) is 0 Å². The number of esters is 2. The molecule has 0 fully saturated rings. The average molecular weight is 1230 g/mol. The molecule has 0 aliphatic carbocycles. The van der Waals surface area contributed by atoms with Crippen LogP contribution < -0.4 is 0 Å². The van der Waals surface area contributed by atoms with Gasteiger partial charge in [-0.2, -0.15) is 0 Å². The molecule has 0 bridgehead atoms. The predicted molar refractivity (Wildman–Crippen MR) is 362 cm³/mol. The topological polar surface area (TPSA) is 149 Å². The molecule has 0 spiro atoms. The molecule has 11 heteroatoms. The highest BCUT2D eigenvalue weighted by atomic mass is 31.2. The van der Waals surface area contributed by atoms with Crippen LogP contribution in [-0.4, -0.2) is 65.7 Å². The molecule has 3 atom stereocenters. The number of carbonyl (C=O) groups excluding carboxylic acids is 2. The summed E-state index contributed by atoms with van der Waals surface area (Å²) in [5.74, 6) is -0.891. The number of aliphatic hydroxyl groups excluding tert-OH is 2. The van der Waals surface area contributed by atoms with Gasteiger partial charge in [0.25, 0.3) is 0 Å². The average Bonchev–Trinajstić information content (AvgIpc) is 3.50. The molecule has 3 N–H and O–H groups in total. The van der Waals surface area contributed by atoms with Crippen molar-refractivity contribution in [3.8, 4) is 0 Å². The van der Waals surface area contributed by atoms with Gasteiger partial charge in [-0.25, -0.2) is 4.57 Å². The maximum atomic E-state index is 12.8. The summed E-state index contributed by atoms with van der Waals surface area (Å²) < 4.78 is 33.2. The fraction of sp³-hybridized carbons (Fsp3) is 0.973. The first-order valence-electron chi connectivity index (χ1n) is 38.0. The zero-order chi connectivity index (χ0) is 61.7. The zero-order valence-corrected chi connectivity index (χ0v) is 57.8. The second-order valence-corrected chi connectivity index (χ2v) is 27.9. The van der Waals surface area contributed by atoms with Crippen LogP contribution in [0, 0.1) is 0 Å². The Balaban J connectivity index is 3.86. The summed E-state index contributed by atoms with van der Waals surface area (Å²) >= 11 is 0. The fourth-order valence-electron chi connectivity index (χ4n) is 12.0. The number of phosphoric ester groups is 1. The number of rotatable bonds is 74. The van der Waals surface area contributed by atoms with Crippen LogP contribution in [-0.2, 0) is 32.7 Å². The molecule has 0 rings (SSSR count). The first-order chi connectivity index (χ1) is 41.7. The summed E-state index contributed by atoms with van der Waals surface area (Å²) in [7, 11) is -4.63. The van der Waals surface area contributed by atoms with Crippen LogP contribution in [0.3, 0.4) is 0 Å². The van der Waals surface area contributed by atoms with Crippen molar-refractivity contribution in [1.29, 1.82) is 0 Å². The lowest BCUT2D eigenvalue weighted by Gasteiger charge is -2.20. The van der Waals surface area contributed by atoms with Crippen molar-refractivity contribution in [3.63, 3.8) is 0 Å². The molecule has 0 heterocycles. The fourth-order valence-corrected chi connectivity index (χ4v) is 12.8. The van der Waals surface area contributed by atoms with Crippen molar-refractivity contribution in [2.45, 2.75) is 437 Å². The Morgan fingerprint density at radius 3 is 0.729 bits per heavy atom. The van der Waals surface area contributed by atoms with Gasteiger partial charge in [0.2, 0.25) is 0 Å². The van der Waals surface area contributed by atoms with Gasteiger partial charge >= 0.3 is 19.8 Å². The first-order valence-corrected chi connectivity index (χ1v) is 39.5. The maximum Gasteiger partial charge on any atom is 0.472 e. The Labute approximate surface area is 528 Å². The van der Waals surface area contributed by atoms with Crippen LogP contribution in [0.15, 0.2) is 0 Å². The van der Waals surface area contributed by atoms with Gasteiger partial charge in [0, 0.05) is 12.8 Å². The molecule has 0 aromatic carbocycles. The minimum Gasteiger partial charge on any atom is -0.462 e. The van der Waals surface area contributed by atoms with Crippen LogP contribution in [0.4, 0.5) is 0 Å². The van der Waals surface area contributed by atoms with Crippen LogP contribution >= 0.6 is 7.82 Å². The van der Waals surface area contributed by atoms with E-state index in [0.29, 0.717) is 12.8 Å². The van der Waals surface area contributed by atoms with E-state index < -0.39 is 51.8 Å². The summed E-state index contributed by atoms with van der Waals surface area (Å²) in [6.07, 6.45) is 81.5. The van der Waals surface area contributed by atoms with Crippen LogP contribution in [0.5, 0.6) is 0 Å². The summed E-state index contributed by atoms with van der Waals surface area (Å²) in [5.41, 5.74) is 0. The molecule has 10 nitrogen and oxygen atoms in total. The monoisotopic (exact) mass is 1230 g/mol. The van der Waals surface area contributed by atoms with E-state index in [0.717, 1.165) is 32.1 Å². The van der Waals surface area contributed by atoms with Crippen molar-refractivity contribution >= 4 is 19.8 Å². The second kappa shape index (κ2) is 70.4. The van der Waals surface area contributed by atoms with Gasteiger partial charge in [-0.3, -0.25) is 18.6 Å². The Morgan fingerprint density at radius 1 is 0.306 bits per heavy atom. The van der Waals surface area contributed by atoms with Gasteiger partial charge in [-0.1, -0.05) is 399 Å². The van der Waals surface area contributed by atoms with E-state index in [4.69, 9.17) is 23.6 Å². The quantitative estimate of drug-likeness (QED) is 0.0305. The van der Waals surface area contributed by atoms with E-state index in [1.807, 2.05) is 0 Å². The number of phosphoric acid groups is 1. The number of aliphatic hydroxyl groups is 2. The third kappa shape index (κ3) is 70.3. The highest BCUT2D eigenvalue weighted by molar-refractivity contribution is 7.47. The summed E-state index contributed by atoms with van der Waals surface area (Å²) in [5, 5.41) is 18.5. The number of hydrogen-bond donors (Lipinski definition) is 3. The Bertz CT molecular complexity index is 1370. The lowest BCUT2D eigenvalue weighted by molar-refractivity contribution is -0.161. The minimum absolute atomic E-state index is 0.194. The molecular weight excluding hydrogens is 1080 g/mol. The molecule has 508 valence electrons. The molecule has 0 aromatic rings. The molecular formula is C74H147O10P. The predicted octanol–water partition coefficient (Wildman–Crippen LogP) is 23.9. The summed E-state index contributed by atoms with van der Waals surface area (Å²) in [6.45, 7) is 2.51. The molecule has 1 unspecified atom stereocenters. The molecule has 85 heavy (non-hydrogen) atoms. The Kier molecular flexibility index (Phi) is 69.6. The molecule has 0 amide bonds. The van der Waals surface area contributed by atoms with E-state index in [1.165, 1.54) is 353 Å². The lowest BCUT2D eigenvalue weighted by atomic mass is 10.0. The van der Waals surface area contributed by atoms with Gasteiger partial charge in [-0.15, -0.1) is 0 Å². The number of hydrogen-bond acceptors (Lipinski definition) is 9. The van der Waals surface area contributed by atoms with Gasteiger partial charge in [0.05, 0.1) is 19.8 Å². The summed E-state index contributed by atoms with van der Waals surface area (Å²) in [6, 6.07) is 0. The highest BCUT2D eigenvalue weighted by Gasteiger charge is 2.27. The van der Waals surface area contributed by atoms with Crippen molar-refractivity contribution in [2.75, 3.05) is 26.4 Å². The van der Waals surface area contributed by atoms with Crippen LogP contribution in [0.2, 0.25) is 0 Å². The number of carbonyl (C=O) groups is 2. The number of ether oxygens (including phenoxy) is 2. The normalized spacial score (nSPS) is 13.1. The third-order valence-electron chi connectivity index (χ3n) is 17.8. The van der Waals surface area contributed by atoms with E-state index in [-0.39, 0.29) is 19.4 Å². The van der Waals surface area contributed by atoms with Gasteiger partial charge in [0.1, 0.15) is 12.7 Å². The van der Waals surface area contributed by atoms with Gasteiger partial charge in [-0.05, 0) is 12.8 Å². The third-order valence-corrected chi connectivity index (χ3v) is 18.7. The molecule has 0 saturated carbocycles. The Morgan fingerprint density at radius 2 is 0.506 bits per heavy atom. The van der Waals surface area contributed by atoms with E-state index in [1.54, 1.807) is 0 Å². The van der Waals surface area contributed by atoms with E-state index in [9.17, 15) is 24.2 Å². The van der Waals surface area contributed by atoms with E-state index in [2.05, 4.69) is 13.8 Å². The second-order valence-electron chi connectivity index (χ2n) is 26.4. The zero-order valence-electron chi connectivity index (χ0n) is 56.9. The highest BCUT2D eigenvalue weighted by Crippen LogP contribution is 2.43. The minimum atomic E-state index is -4.63. The van der Waals surface area contributed by atoms with Gasteiger partial charge in [0.15, 0.2) is 6.10 Å².